The van der Waals surface area contributed by atoms with Crippen LogP contribution in [0.25, 0.3) is 0 Å². The Kier molecular flexibility index (Phi) is 3.81. The molecule has 0 N–H and O–H groups in total. The van der Waals surface area contributed by atoms with Crippen LogP contribution in [0.15, 0.2) is 24.9 Å². The summed E-state index contributed by atoms with van der Waals surface area (Å²) in [4.78, 5) is 1.98. The lowest BCUT2D eigenvalue weighted by atomic mass is 10.2. The zero-order valence-electron chi connectivity index (χ0n) is 9.01. The van der Waals surface area contributed by atoms with Crippen LogP contribution in [0.5, 0.6) is 0 Å². The highest BCUT2D eigenvalue weighted by Crippen LogP contribution is 2.17. The van der Waals surface area contributed by atoms with Crippen molar-refractivity contribution in [3.05, 3.63) is 30.5 Å². The summed E-state index contributed by atoms with van der Waals surface area (Å²) >= 11 is 0. The Morgan fingerprint density at radius 2 is 2.40 bits per heavy atom. The normalized spacial score (nSPS) is 9.73. The zero-order valence-corrected chi connectivity index (χ0v) is 9.01. The molecule has 0 radical (unpaired) electrons. The molecule has 0 fully saturated rings. The number of hydrogen-bond donors (Lipinski definition) is 0. The maximum Gasteiger partial charge on any atom is 0.169 e. The zero-order chi connectivity index (χ0) is 11.3. The van der Waals surface area contributed by atoms with E-state index in [0.717, 1.165) is 0 Å². The lowest BCUT2D eigenvalue weighted by Gasteiger charge is -2.26. The fourth-order valence-electron chi connectivity index (χ4n) is 1.30. The average Bonchev–Trinajstić information content (AvgIpc) is 2.25. The monoisotopic (exact) mass is 202 g/mol. The molecule has 0 saturated carbocycles. The van der Waals surface area contributed by atoms with E-state index in [9.17, 15) is 0 Å². The van der Waals surface area contributed by atoms with Gasteiger partial charge in [-0.05, 0) is 19.9 Å². The molecule has 4 heteroatoms. The molecule has 0 bridgehead atoms. The Morgan fingerprint density at radius 1 is 1.67 bits per heavy atom. The third kappa shape index (κ3) is 2.53. The molecule has 0 aliphatic heterocycles. The van der Waals surface area contributed by atoms with Crippen LogP contribution in [-0.2, 0) is 0 Å². The van der Waals surface area contributed by atoms with E-state index in [4.69, 9.17) is 5.26 Å². The van der Waals surface area contributed by atoms with E-state index in [-0.39, 0.29) is 6.04 Å². The average molecular weight is 202 g/mol. The van der Waals surface area contributed by atoms with Gasteiger partial charge in [0, 0.05) is 12.6 Å². The third-order valence-corrected chi connectivity index (χ3v) is 2.04. The SMILES string of the molecule is C=CCN(c1nnccc1C#N)C(C)C. The fraction of sp³-hybridized carbons (Fsp3) is 0.364. The molecule has 4 nitrogen and oxygen atoms in total. The van der Waals surface area contributed by atoms with Gasteiger partial charge in [0.25, 0.3) is 0 Å². The van der Waals surface area contributed by atoms with Gasteiger partial charge < -0.3 is 4.90 Å². The molecule has 0 atom stereocenters. The highest BCUT2D eigenvalue weighted by atomic mass is 15.3. The van der Waals surface area contributed by atoms with Gasteiger partial charge in [0.1, 0.15) is 6.07 Å². The standard InChI is InChI=1S/C11H14N4/c1-4-7-15(9(2)3)11-10(8-12)5-6-13-14-11/h4-6,9H,1,7H2,2-3H3. The van der Waals surface area contributed by atoms with Gasteiger partial charge in [-0.1, -0.05) is 6.08 Å². The minimum absolute atomic E-state index is 0.256. The van der Waals surface area contributed by atoms with Crippen molar-refractivity contribution in [1.82, 2.24) is 10.2 Å². The van der Waals surface area contributed by atoms with Crippen molar-refractivity contribution in [3.8, 4) is 6.07 Å². The molecule has 0 aromatic carbocycles. The Balaban J connectivity index is 3.11. The largest absolute Gasteiger partial charge is 0.348 e. The predicted octanol–water partition coefficient (Wildman–Crippen LogP) is 1.75. The lowest BCUT2D eigenvalue weighted by molar-refractivity contribution is 0.703. The van der Waals surface area contributed by atoms with Crippen LogP contribution in [0.3, 0.4) is 0 Å². The van der Waals surface area contributed by atoms with Crippen LogP contribution >= 0.6 is 0 Å². The molecule has 0 amide bonds. The third-order valence-electron chi connectivity index (χ3n) is 2.04. The van der Waals surface area contributed by atoms with E-state index in [1.54, 1.807) is 12.1 Å². The molecule has 0 spiro atoms. The van der Waals surface area contributed by atoms with Crippen molar-refractivity contribution in [2.75, 3.05) is 11.4 Å². The van der Waals surface area contributed by atoms with Crippen LogP contribution in [0.4, 0.5) is 5.82 Å². The minimum atomic E-state index is 0.256. The second-order valence-electron chi connectivity index (χ2n) is 3.42. The number of rotatable bonds is 4. The molecule has 0 aliphatic rings. The Bertz CT molecular complexity index is 378. The Morgan fingerprint density at radius 3 is 2.93 bits per heavy atom. The van der Waals surface area contributed by atoms with Crippen molar-refractivity contribution in [2.24, 2.45) is 0 Å². The first-order valence-corrected chi connectivity index (χ1v) is 4.80. The van der Waals surface area contributed by atoms with E-state index in [0.29, 0.717) is 17.9 Å². The van der Waals surface area contributed by atoms with E-state index >= 15 is 0 Å². The number of nitrogens with zero attached hydrogens (tertiary/aromatic N) is 4. The smallest absolute Gasteiger partial charge is 0.169 e. The summed E-state index contributed by atoms with van der Waals surface area (Å²) in [6, 6.07) is 4.03. The summed E-state index contributed by atoms with van der Waals surface area (Å²) in [6.45, 7) is 8.43. The second kappa shape index (κ2) is 5.11. The van der Waals surface area contributed by atoms with Gasteiger partial charge in [0.05, 0.1) is 11.8 Å². The fourth-order valence-corrected chi connectivity index (χ4v) is 1.30. The van der Waals surface area contributed by atoms with Crippen LogP contribution in [0, 0.1) is 11.3 Å². The molecule has 1 heterocycles. The van der Waals surface area contributed by atoms with Gasteiger partial charge in [-0.2, -0.15) is 10.4 Å². The van der Waals surface area contributed by atoms with Gasteiger partial charge >= 0.3 is 0 Å². The predicted molar refractivity (Wildman–Crippen MR) is 59.4 cm³/mol. The van der Waals surface area contributed by atoms with Gasteiger partial charge in [-0.15, -0.1) is 11.7 Å². The Labute approximate surface area is 89.9 Å². The molecule has 0 aliphatic carbocycles. The Hall–Kier alpha value is -1.89. The van der Waals surface area contributed by atoms with E-state index in [1.807, 2.05) is 18.7 Å². The van der Waals surface area contributed by atoms with E-state index in [1.165, 1.54) is 6.20 Å². The molecule has 1 aromatic rings. The van der Waals surface area contributed by atoms with Crippen molar-refractivity contribution < 1.29 is 0 Å². The summed E-state index contributed by atoms with van der Waals surface area (Å²) in [5.74, 6) is 0.620. The van der Waals surface area contributed by atoms with Crippen LogP contribution in [0.1, 0.15) is 19.4 Å². The van der Waals surface area contributed by atoms with E-state index < -0.39 is 0 Å². The van der Waals surface area contributed by atoms with Crippen molar-refractivity contribution >= 4 is 5.82 Å². The molecule has 1 rings (SSSR count). The number of anilines is 1. The highest BCUT2D eigenvalue weighted by Gasteiger charge is 2.14. The first-order chi connectivity index (χ1) is 7.20. The molecule has 78 valence electrons. The van der Waals surface area contributed by atoms with Gasteiger partial charge in [-0.25, -0.2) is 0 Å². The van der Waals surface area contributed by atoms with Gasteiger partial charge in [0.15, 0.2) is 5.82 Å². The van der Waals surface area contributed by atoms with E-state index in [2.05, 4.69) is 22.8 Å². The molecule has 0 unspecified atom stereocenters. The van der Waals surface area contributed by atoms with Crippen molar-refractivity contribution in [1.29, 1.82) is 5.26 Å². The molecular weight excluding hydrogens is 188 g/mol. The first kappa shape index (κ1) is 11.2. The van der Waals surface area contributed by atoms with Gasteiger partial charge in [-0.3, -0.25) is 0 Å². The lowest BCUT2D eigenvalue weighted by Crippen LogP contribution is -2.32. The topological polar surface area (TPSA) is 52.8 Å². The first-order valence-electron chi connectivity index (χ1n) is 4.80. The van der Waals surface area contributed by atoms with Gasteiger partial charge in [0.2, 0.25) is 0 Å². The minimum Gasteiger partial charge on any atom is -0.348 e. The summed E-state index contributed by atoms with van der Waals surface area (Å²) in [5, 5.41) is 16.7. The van der Waals surface area contributed by atoms with Crippen LogP contribution < -0.4 is 4.90 Å². The quantitative estimate of drug-likeness (QED) is 0.698. The summed E-state index contributed by atoms with van der Waals surface area (Å²) < 4.78 is 0. The van der Waals surface area contributed by atoms with Crippen molar-refractivity contribution in [3.63, 3.8) is 0 Å². The van der Waals surface area contributed by atoms with Crippen molar-refractivity contribution in [2.45, 2.75) is 19.9 Å². The molecule has 1 aromatic heterocycles. The molecular formula is C11H14N4. The molecule has 0 saturated heterocycles. The molecule has 15 heavy (non-hydrogen) atoms. The summed E-state index contributed by atoms with van der Waals surface area (Å²) in [6.07, 6.45) is 3.31. The number of hydrogen-bond acceptors (Lipinski definition) is 4. The highest BCUT2D eigenvalue weighted by molar-refractivity contribution is 5.53. The maximum absolute atomic E-state index is 8.95. The summed E-state index contributed by atoms with van der Waals surface area (Å²) in [7, 11) is 0. The number of aromatic nitrogens is 2. The maximum atomic E-state index is 8.95. The number of nitriles is 1. The van der Waals surface area contributed by atoms with Crippen LogP contribution in [0.2, 0.25) is 0 Å². The summed E-state index contributed by atoms with van der Waals surface area (Å²) in [5.41, 5.74) is 0.542. The van der Waals surface area contributed by atoms with Crippen LogP contribution in [-0.4, -0.2) is 22.8 Å². The second-order valence-corrected chi connectivity index (χ2v) is 3.42.